The summed E-state index contributed by atoms with van der Waals surface area (Å²) in [6.45, 7) is 0. The zero-order chi connectivity index (χ0) is 10.8. The van der Waals surface area contributed by atoms with Gasteiger partial charge < -0.3 is 10.8 Å². The molecule has 0 radical (unpaired) electrons. The number of hydrogen-bond donors (Lipinski definition) is 2. The van der Waals surface area contributed by atoms with Crippen molar-refractivity contribution >= 4 is 28.6 Å². The van der Waals surface area contributed by atoms with Crippen LogP contribution in [0.5, 0.6) is 0 Å². The van der Waals surface area contributed by atoms with Crippen LogP contribution in [-0.2, 0) is 0 Å². The molecule has 0 spiro atoms. The smallest absolute Gasteiger partial charge is 0.132 e. The Hall–Kier alpha value is -1.10. The fraction of sp³-hybridized carbons (Fsp3) is 0.100. The number of nitrogens with two attached hydrogens (primary N) is 1. The van der Waals surface area contributed by atoms with E-state index in [2.05, 4.69) is 4.98 Å². The van der Waals surface area contributed by atoms with Gasteiger partial charge in [-0.3, -0.25) is 0 Å². The topological polar surface area (TPSA) is 59.1 Å². The van der Waals surface area contributed by atoms with Crippen molar-refractivity contribution in [3.8, 4) is 0 Å². The molecule has 2 rings (SSSR count). The molecule has 1 atom stereocenters. The summed E-state index contributed by atoms with van der Waals surface area (Å²) < 4.78 is 0. The van der Waals surface area contributed by atoms with E-state index in [1.165, 1.54) is 11.3 Å². The summed E-state index contributed by atoms with van der Waals surface area (Å²) in [5.74, 6) is 0. The fourth-order valence-electron chi connectivity index (χ4n) is 1.28. The minimum atomic E-state index is -0.805. The summed E-state index contributed by atoms with van der Waals surface area (Å²) in [4.78, 5) is 4.03. The molecule has 15 heavy (non-hydrogen) atoms. The van der Waals surface area contributed by atoms with Crippen LogP contribution in [0.25, 0.3) is 0 Å². The molecule has 0 aliphatic carbocycles. The molecule has 1 aromatic carbocycles. The summed E-state index contributed by atoms with van der Waals surface area (Å²) in [7, 11) is 0. The minimum absolute atomic E-state index is 0.389. The lowest BCUT2D eigenvalue weighted by molar-refractivity contribution is 0.220. The number of nitrogen functional groups attached to an aromatic ring is 1. The molecule has 0 fully saturated rings. The molecular weight excluding hydrogens is 232 g/mol. The van der Waals surface area contributed by atoms with Gasteiger partial charge in [0, 0.05) is 17.1 Å². The van der Waals surface area contributed by atoms with Crippen LogP contribution < -0.4 is 5.73 Å². The third-order valence-corrected chi connectivity index (χ3v) is 3.30. The number of anilines is 1. The first kappa shape index (κ1) is 10.4. The maximum atomic E-state index is 9.99. The maximum Gasteiger partial charge on any atom is 0.132 e. The van der Waals surface area contributed by atoms with E-state index in [-0.39, 0.29) is 0 Å². The summed E-state index contributed by atoms with van der Waals surface area (Å²) in [6, 6.07) is 5.19. The molecule has 0 saturated heterocycles. The number of benzene rings is 1. The highest BCUT2D eigenvalue weighted by molar-refractivity contribution is 7.09. The Morgan fingerprint density at radius 3 is 2.93 bits per heavy atom. The van der Waals surface area contributed by atoms with Crippen molar-refractivity contribution in [2.45, 2.75) is 6.10 Å². The van der Waals surface area contributed by atoms with E-state index in [1.54, 1.807) is 29.8 Å². The second-order valence-electron chi connectivity index (χ2n) is 3.02. The van der Waals surface area contributed by atoms with Crippen molar-refractivity contribution < 1.29 is 5.11 Å². The molecule has 5 heteroatoms. The van der Waals surface area contributed by atoms with Gasteiger partial charge in [-0.05, 0) is 6.07 Å². The van der Waals surface area contributed by atoms with E-state index in [0.29, 0.717) is 21.3 Å². The second-order valence-corrected chi connectivity index (χ2v) is 4.33. The van der Waals surface area contributed by atoms with Crippen molar-refractivity contribution in [3.05, 3.63) is 45.4 Å². The van der Waals surface area contributed by atoms with E-state index in [1.807, 2.05) is 0 Å². The molecule has 0 amide bonds. The Morgan fingerprint density at radius 2 is 2.27 bits per heavy atom. The molecule has 3 nitrogen and oxygen atoms in total. The molecular formula is C10H9ClN2OS. The quantitative estimate of drug-likeness (QED) is 0.793. The van der Waals surface area contributed by atoms with E-state index in [9.17, 15) is 5.11 Å². The number of hydrogen-bond acceptors (Lipinski definition) is 4. The van der Waals surface area contributed by atoms with Gasteiger partial charge in [0.15, 0.2) is 0 Å². The zero-order valence-corrected chi connectivity index (χ0v) is 9.29. The lowest BCUT2D eigenvalue weighted by Crippen LogP contribution is -2.01. The zero-order valence-electron chi connectivity index (χ0n) is 7.72. The molecule has 0 aliphatic rings. The first-order chi connectivity index (χ1) is 7.20. The molecule has 2 aromatic rings. The van der Waals surface area contributed by atoms with E-state index in [4.69, 9.17) is 17.3 Å². The van der Waals surface area contributed by atoms with Crippen molar-refractivity contribution in [1.29, 1.82) is 0 Å². The highest BCUT2D eigenvalue weighted by Crippen LogP contribution is 2.32. The van der Waals surface area contributed by atoms with E-state index < -0.39 is 6.10 Å². The highest BCUT2D eigenvalue weighted by Gasteiger charge is 2.16. The van der Waals surface area contributed by atoms with Gasteiger partial charge in [-0.15, -0.1) is 11.3 Å². The molecule has 1 heterocycles. The minimum Gasteiger partial charge on any atom is -0.398 e. The van der Waals surface area contributed by atoms with Crippen LogP contribution in [0.4, 0.5) is 5.69 Å². The van der Waals surface area contributed by atoms with Crippen LogP contribution in [0.3, 0.4) is 0 Å². The number of aliphatic hydroxyl groups excluding tert-OH is 1. The number of nitrogens with zero attached hydrogens (tertiary/aromatic N) is 1. The molecule has 3 N–H and O–H groups in total. The third-order valence-electron chi connectivity index (χ3n) is 2.04. The van der Waals surface area contributed by atoms with Gasteiger partial charge >= 0.3 is 0 Å². The Bertz CT molecular complexity index is 458. The molecule has 1 aromatic heterocycles. The number of rotatable bonds is 2. The molecule has 0 bridgehead atoms. The first-order valence-corrected chi connectivity index (χ1v) is 5.57. The predicted octanol–water partition coefficient (Wildman–Crippen LogP) is 2.46. The Morgan fingerprint density at radius 1 is 1.47 bits per heavy atom. The average Bonchev–Trinajstić information content (AvgIpc) is 2.74. The van der Waals surface area contributed by atoms with Crippen LogP contribution >= 0.6 is 22.9 Å². The Balaban J connectivity index is 2.42. The van der Waals surface area contributed by atoms with Gasteiger partial charge in [0.1, 0.15) is 11.1 Å². The third kappa shape index (κ3) is 1.97. The number of halogens is 1. The second kappa shape index (κ2) is 4.18. The van der Waals surface area contributed by atoms with Gasteiger partial charge in [-0.25, -0.2) is 4.98 Å². The number of aromatic nitrogens is 1. The van der Waals surface area contributed by atoms with E-state index in [0.717, 1.165) is 0 Å². The van der Waals surface area contributed by atoms with Gasteiger partial charge in [-0.1, -0.05) is 23.7 Å². The van der Waals surface area contributed by atoms with Crippen molar-refractivity contribution in [1.82, 2.24) is 4.98 Å². The summed E-state index contributed by atoms with van der Waals surface area (Å²) in [6.07, 6.45) is 0.838. The molecule has 78 valence electrons. The monoisotopic (exact) mass is 240 g/mol. The normalized spacial score (nSPS) is 12.7. The van der Waals surface area contributed by atoms with E-state index >= 15 is 0 Å². The first-order valence-electron chi connectivity index (χ1n) is 4.31. The molecule has 1 unspecified atom stereocenters. The maximum absolute atomic E-state index is 9.99. The predicted molar refractivity (Wildman–Crippen MR) is 62.0 cm³/mol. The standard InChI is InChI=1S/C10H9ClN2OS/c11-8-6(2-1-3-7(8)12)9(14)10-13-4-5-15-10/h1-5,9,14H,12H2. The van der Waals surface area contributed by atoms with Crippen LogP contribution in [-0.4, -0.2) is 10.1 Å². The SMILES string of the molecule is Nc1cccc(C(O)c2nccs2)c1Cl. The lowest BCUT2D eigenvalue weighted by Gasteiger charge is -2.11. The van der Waals surface area contributed by atoms with Gasteiger partial charge in [-0.2, -0.15) is 0 Å². The summed E-state index contributed by atoms with van der Waals surface area (Å²) in [5, 5.41) is 12.8. The summed E-state index contributed by atoms with van der Waals surface area (Å²) in [5.41, 5.74) is 6.70. The largest absolute Gasteiger partial charge is 0.398 e. The van der Waals surface area contributed by atoms with Gasteiger partial charge in [0.2, 0.25) is 0 Å². The molecule has 0 aliphatic heterocycles. The van der Waals surface area contributed by atoms with Crippen LogP contribution in [0.15, 0.2) is 29.8 Å². The van der Waals surface area contributed by atoms with Crippen LogP contribution in [0.1, 0.15) is 16.7 Å². The van der Waals surface area contributed by atoms with Crippen molar-refractivity contribution in [2.75, 3.05) is 5.73 Å². The van der Waals surface area contributed by atoms with Gasteiger partial charge in [0.05, 0.1) is 10.7 Å². The van der Waals surface area contributed by atoms with Crippen molar-refractivity contribution in [3.63, 3.8) is 0 Å². The van der Waals surface area contributed by atoms with Crippen LogP contribution in [0, 0.1) is 0 Å². The van der Waals surface area contributed by atoms with Crippen molar-refractivity contribution in [2.24, 2.45) is 0 Å². The Kier molecular flexibility index (Phi) is 2.90. The lowest BCUT2D eigenvalue weighted by atomic mass is 10.1. The highest BCUT2D eigenvalue weighted by atomic mass is 35.5. The van der Waals surface area contributed by atoms with Gasteiger partial charge in [0.25, 0.3) is 0 Å². The summed E-state index contributed by atoms with van der Waals surface area (Å²) >= 11 is 7.38. The average molecular weight is 241 g/mol. The van der Waals surface area contributed by atoms with Crippen LogP contribution in [0.2, 0.25) is 5.02 Å². The Labute approximate surface area is 96.2 Å². The number of aliphatic hydroxyl groups is 1. The molecule has 0 saturated carbocycles. The fourth-order valence-corrected chi connectivity index (χ4v) is 2.15. The number of thiazole rings is 1.